The lowest BCUT2D eigenvalue weighted by Gasteiger charge is -2.07. The van der Waals surface area contributed by atoms with Crippen molar-refractivity contribution < 1.29 is 4.79 Å². The second kappa shape index (κ2) is 4.24. The SMILES string of the molecule is CC(C)C/C=C1/C=CC(=O)CC1. The van der Waals surface area contributed by atoms with Gasteiger partial charge in [0, 0.05) is 6.42 Å². The van der Waals surface area contributed by atoms with Crippen molar-refractivity contribution in [3.8, 4) is 0 Å². The van der Waals surface area contributed by atoms with E-state index in [0.717, 1.165) is 12.8 Å². The molecule has 1 nitrogen and oxygen atoms in total. The van der Waals surface area contributed by atoms with Gasteiger partial charge in [-0.05, 0) is 24.8 Å². The fourth-order valence-corrected chi connectivity index (χ4v) is 1.19. The van der Waals surface area contributed by atoms with Crippen LogP contribution in [0, 0.1) is 5.92 Å². The topological polar surface area (TPSA) is 17.1 Å². The zero-order valence-corrected chi connectivity index (χ0v) is 7.84. The number of carbonyl (C=O) groups excluding carboxylic acids is 1. The Morgan fingerprint density at radius 2 is 2.17 bits per heavy atom. The number of ketones is 1. The first-order valence-corrected chi connectivity index (χ1v) is 4.58. The summed E-state index contributed by atoms with van der Waals surface area (Å²) in [4.78, 5) is 10.8. The summed E-state index contributed by atoms with van der Waals surface area (Å²) in [5.41, 5.74) is 1.32. The Labute approximate surface area is 74.2 Å². The summed E-state index contributed by atoms with van der Waals surface area (Å²) in [5, 5.41) is 0. The van der Waals surface area contributed by atoms with Gasteiger partial charge in [0.15, 0.2) is 5.78 Å². The second-order valence-corrected chi connectivity index (χ2v) is 3.71. The smallest absolute Gasteiger partial charge is 0.156 e. The van der Waals surface area contributed by atoms with Crippen molar-refractivity contribution in [2.75, 3.05) is 0 Å². The van der Waals surface area contributed by atoms with Crippen LogP contribution in [0.2, 0.25) is 0 Å². The number of rotatable bonds is 2. The van der Waals surface area contributed by atoms with Gasteiger partial charge < -0.3 is 0 Å². The molecule has 1 heteroatoms. The molecule has 12 heavy (non-hydrogen) atoms. The lowest BCUT2D eigenvalue weighted by Crippen LogP contribution is -1.99. The molecule has 66 valence electrons. The van der Waals surface area contributed by atoms with Gasteiger partial charge in [0.25, 0.3) is 0 Å². The van der Waals surface area contributed by atoms with E-state index in [1.165, 1.54) is 5.57 Å². The van der Waals surface area contributed by atoms with E-state index in [0.29, 0.717) is 12.3 Å². The normalized spacial score (nSPS) is 20.9. The van der Waals surface area contributed by atoms with Crippen LogP contribution in [0.4, 0.5) is 0 Å². The lowest BCUT2D eigenvalue weighted by atomic mass is 9.98. The molecule has 0 aromatic carbocycles. The van der Waals surface area contributed by atoms with E-state index >= 15 is 0 Å². The van der Waals surface area contributed by atoms with Gasteiger partial charge in [0.1, 0.15) is 0 Å². The maximum atomic E-state index is 10.8. The predicted molar refractivity (Wildman–Crippen MR) is 50.9 cm³/mol. The molecule has 0 heterocycles. The molecular formula is C11H16O. The monoisotopic (exact) mass is 164 g/mol. The molecule has 0 aliphatic heterocycles. The zero-order chi connectivity index (χ0) is 8.97. The highest BCUT2D eigenvalue weighted by Gasteiger charge is 2.05. The molecule has 0 spiro atoms. The van der Waals surface area contributed by atoms with E-state index in [4.69, 9.17) is 0 Å². The number of hydrogen-bond donors (Lipinski definition) is 0. The largest absolute Gasteiger partial charge is 0.295 e. The fraction of sp³-hybridized carbons (Fsp3) is 0.545. The van der Waals surface area contributed by atoms with Gasteiger partial charge >= 0.3 is 0 Å². The number of carbonyl (C=O) groups is 1. The standard InChI is InChI=1S/C11H16O/c1-9(2)3-4-10-5-7-11(12)8-6-10/h4-5,7,9H,3,6,8H2,1-2H3/b10-4-. The first kappa shape index (κ1) is 9.24. The van der Waals surface area contributed by atoms with Crippen molar-refractivity contribution in [2.24, 2.45) is 5.92 Å². The van der Waals surface area contributed by atoms with Gasteiger partial charge in [-0.3, -0.25) is 4.79 Å². The average molecular weight is 164 g/mol. The molecule has 1 rings (SSSR count). The van der Waals surface area contributed by atoms with Crippen LogP contribution in [-0.2, 0) is 4.79 Å². The molecule has 0 fully saturated rings. The van der Waals surface area contributed by atoms with Crippen LogP contribution < -0.4 is 0 Å². The molecular weight excluding hydrogens is 148 g/mol. The molecule has 0 aromatic heterocycles. The van der Waals surface area contributed by atoms with E-state index in [9.17, 15) is 4.79 Å². The molecule has 0 saturated heterocycles. The van der Waals surface area contributed by atoms with Crippen molar-refractivity contribution in [3.05, 3.63) is 23.8 Å². The second-order valence-electron chi connectivity index (χ2n) is 3.71. The Hall–Kier alpha value is -0.850. The summed E-state index contributed by atoms with van der Waals surface area (Å²) in [5.74, 6) is 0.972. The minimum Gasteiger partial charge on any atom is -0.295 e. The van der Waals surface area contributed by atoms with Crippen LogP contribution in [-0.4, -0.2) is 5.78 Å². The van der Waals surface area contributed by atoms with Crippen molar-refractivity contribution in [2.45, 2.75) is 33.1 Å². The Morgan fingerprint density at radius 3 is 2.67 bits per heavy atom. The van der Waals surface area contributed by atoms with E-state index in [2.05, 4.69) is 19.9 Å². The van der Waals surface area contributed by atoms with Crippen LogP contribution in [0.25, 0.3) is 0 Å². The average Bonchev–Trinajstić information content (AvgIpc) is 2.03. The quantitative estimate of drug-likeness (QED) is 0.613. The molecule has 0 atom stereocenters. The van der Waals surface area contributed by atoms with Crippen molar-refractivity contribution in [1.29, 1.82) is 0 Å². The van der Waals surface area contributed by atoms with Crippen molar-refractivity contribution in [1.82, 2.24) is 0 Å². The van der Waals surface area contributed by atoms with Crippen molar-refractivity contribution >= 4 is 5.78 Å². The summed E-state index contributed by atoms with van der Waals surface area (Å²) in [6.07, 6.45) is 8.63. The third-order valence-electron chi connectivity index (χ3n) is 1.99. The van der Waals surface area contributed by atoms with Gasteiger partial charge in [-0.2, -0.15) is 0 Å². The van der Waals surface area contributed by atoms with Gasteiger partial charge in [-0.1, -0.05) is 31.6 Å². The molecule has 0 saturated carbocycles. The first-order valence-electron chi connectivity index (χ1n) is 4.58. The Bertz CT molecular complexity index is 221. The molecule has 1 aliphatic carbocycles. The molecule has 0 aromatic rings. The summed E-state index contributed by atoms with van der Waals surface area (Å²) < 4.78 is 0. The van der Waals surface area contributed by atoms with Gasteiger partial charge in [0.05, 0.1) is 0 Å². The van der Waals surface area contributed by atoms with Crippen LogP contribution in [0.5, 0.6) is 0 Å². The molecule has 0 bridgehead atoms. The van der Waals surface area contributed by atoms with Crippen LogP contribution >= 0.6 is 0 Å². The highest BCUT2D eigenvalue weighted by molar-refractivity contribution is 5.91. The molecule has 0 amide bonds. The van der Waals surface area contributed by atoms with Crippen LogP contribution in [0.3, 0.4) is 0 Å². The highest BCUT2D eigenvalue weighted by atomic mass is 16.1. The zero-order valence-electron chi connectivity index (χ0n) is 7.84. The van der Waals surface area contributed by atoms with Crippen molar-refractivity contribution in [3.63, 3.8) is 0 Å². The Balaban J connectivity index is 2.48. The lowest BCUT2D eigenvalue weighted by molar-refractivity contribution is -0.114. The maximum absolute atomic E-state index is 10.8. The summed E-state index contributed by atoms with van der Waals surface area (Å²) in [6.45, 7) is 4.41. The third-order valence-corrected chi connectivity index (χ3v) is 1.99. The van der Waals surface area contributed by atoms with E-state index in [1.54, 1.807) is 6.08 Å². The van der Waals surface area contributed by atoms with E-state index < -0.39 is 0 Å². The number of hydrogen-bond acceptors (Lipinski definition) is 1. The maximum Gasteiger partial charge on any atom is 0.156 e. The van der Waals surface area contributed by atoms with Gasteiger partial charge in [0.2, 0.25) is 0 Å². The Kier molecular flexibility index (Phi) is 3.27. The number of allylic oxidation sites excluding steroid dienone is 4. The van der Waals surface area contributed by atoms with Gasteiger partial charge in [-0.25, -0.2) is 0 Å². The van der Waals surface area contributed by atoms with Crippen LogP contribution in [0.1, 0.15) is 33.1 Å². The summed E-state index contributed by atoms with van der Waals surface area (Å²) in [6, 6.07) is 0. The fourth-order valence-electron chi connectivity index (χ4n) is 1.19. The minimum absolute atomic E-state index is 0.261. The predicted octanol–water partition coefficient (Wildman–Crippen LogP) is 2.88. The molecule has 0 unspecified atom stereocenters. The summed E-state index contributed by atoms with van der Waals surface area (Å²) in [7, 11) is 0. The minimum atomic E-state index is 0.261. The molecule has 0 N–H and O–H groups in total. The van der Waals surface area contributed by atoms with E-state index in [1.807, 2.05) is 6.08 Å². The molecule has 1 aliphatic rings. The Morgan fingerprint density at radius 1 is 1.42 bits per heavy atom. The first-order chi connectivity index (χ1) is 5.68. The highest BCUT2D eigenvalue weighted by Crippen LogP contribution is 2.15. The molecule has 0 radical (unpaired) electrons. The van der Waals surface area contributed by atoms with E-state index in [-0.39, 0.29) is 5.78 Å². The van der Waals surface area contributed by atoms with Gasteiger partial charge in [-0.15, -0.1) is 0 Å². The van der Waals surface area contributed by atoms with Crippen LogP contribution in [0.15, 0.2) is 23.8 Å². The third kappa shape index (κ3) is 3.04. The summed E-state index contributed by atoms with van der Waals surface area (Å²) >= 11 is 0.